The van der Waals surface area contributed by atoms with E-state index in [1.54, 1.807) is 0 Å². The van der Waals surface area contributed by atoms with Crippen molar-refractivity contribution in [1.29, 1.82) is 0 Å². The van der Waals surface area contributed by atoms with Gasteiger partial charge in [-0.05, 0) is 37.8 Å². The summed E-state index contributed by atoms with van der Waals surface area (Å²) in [5.74, 6) is 1.28. The molecule has 0 aromatic heterocycles. The van der Waals surface area contributed by atoms with Gasteiger partial charge in [-0.25, -0.2) is 0 Å². The summed E-state index contributed by atoms with van der Waals surface area (Å²) in [5, 5.41) is 10.9. The number of carbonyl (C=O) groups is 1. The molecule has 0 spiro atoms. The molecule has 2 fully saturated rings. The van der Waals surface area contributed by atoms with Crippen molar-refractivity contribution in [3.8, 4) is 0 Å². The molecule has 1 saturated carbocycles. The minimum Gasteiger partial charge on any atom is -0.481 e. The maximum atomic E-state index is 9.00. The van der Waals surface area contributed by atoms with E-state index in [4.69, 9.17) is 9.90 Å². The maximum Gasteiger partial charge on any atom is 0.300 e. The molecule has 2 unspecified atom stereocenters. The van der Waals surface area contributed by atoms with Gasteiger partial charge in [-0.15, -0.1) is 0 Å². The largest absolute Gasteiger partial charge is 0.481 e. The molecule has 0 bridgehead atoms. The van der Waals surface area contributed by atoms with Crippen molar-refractivity contribution in [2.45, 2.75) is 32.6 Å². The number of rotatable bonds is 0. The monoisotopic (exact) mass is 185 g/mol. The van der Waals surface area contributed by atoms with Crippen molar-refractivity contribution in [2.75, 3.05) is 13.1 Å². The van der Waals surface area contributed by atoms with E-state index in [2.05, 4.69) is 5.32 Å². The molecule has 2 N–H and O–H groups in total. The molecule has 0 aromatic rings. The number of nitrogens with one attached hydrogen (secondary N) is 1. The number of carboxylic acids is 1. The Morgan fingerprint density at radius 3 is 2.00 bits per heavy atom. The topological polar surface area (TPSA) is 49.3 Å². The van der Waals surface area contributed by atoms with Gasteiger partial charge in [-0.3, -0.25) is 4.79 Å². The number of fused-ring (bicyclic) bond motifs is 1. The van der Waals surface area contributed by atoms with Crippen LogP contribution >= 0.6 is 0 Å². The molecule has 3 heteroatoms. The highest BCUT2D eigenvalue weighted by atomic mass is 16.4. The Morgan fingerprint density at radius 1 is 1.23 bits per heavy atom. The first-order valence-electron chi connectivity index (χ1n) is 5.10. The van der Waals surface area contributed by atoms with Crippen molar-refractivity contribution in [1.82, 2.24) is 5.32 Å². The van der Waals surface area contributed by atoms with E-state index in [1.807, 2.05) is 0 Å². The Morgan fingerprint density at radius 2 is 1.62 bits per heavy atom. The van der Waals surface area contributed by atoms with Gasteiger partial charge >= 0.3 is 0 Å². The summed E-state index contributed by atoms with van der Waals surface area (Å²) in [7, 11) is 0. The summed E-state index contributed by atoms with van der Waals surface area (Å²) >= 11 is 0. The zero-order valence-corrected chi connectivity index (χ0v) is 8.25. The summed E-state index contributed by atoms with van der Waals surface area (Å²) in [5.41, 5.74) is 0. The van der Waals surface area contributed by atoms with Crippen LogP contribution < -0.4 is 5.32 Å². The summed E-state index contributed by atoms with van der Waals surface area (Å²) < 4.78 is 0. The van der Waals surface area contributed by atoms with Gasteiger partial charge in [-0.1, -0.05) is 12.8 Å². The average molecular weight is 185 g/mol. The van der Waals surface area contributed by atoms with Crippen LogP contribution in [-0.4, -0.2) is 24.2 Å². The lowest BCUT2D eigenvalue weighted by atomic mass is 9.82. The van der Waals surface area contributed by atoms with Gasteiger partial charge < -0.3 is 10.4 Å². The quantitative estimate of drug-likeness (QED) is 0.601. The third kappa shape index (κ3) is 3.77. The number of hydrogen-bond donors (Lipinski definition) is 2. The van der Waals surface area contributed by atoms with Crippen LogP contribution in [0, 0.1) is 11.8 Å². The molecule has 0 amide bonds. The fraction of sp³-hybridized carbons (Fsp3) is 0.900. The highest BCUT2D eigenvalue weighted by molar-refractivity contribution is 5.62. The van der Waals surface area contributed by atoms with E-state index < -0.39 is 5.97 Å². The molecule has 0 aromatic carbocycles. The Labute approximate surface area is 79.5 Å². The lowest BCUT2D eigenvalue weighted by molar-refractivity contribution is -0.134. The molecule has 1 saturated heterocycles. The summed E-state index contributed by atoms with van der Waals surface area (Å²) in [4.78, 5) is 9.00. The van der Waals surface area contributed by atoms with Gasteiger partial charge in [0, 0.05) is 6.92 Å². The van der Waals surface area contributed by atoms with Gasteiger partial charge in [0.25, 0.3) is 5.97 Å². The van der Waals surface area contributed by atoms with Crippen molar-refractivity contribution in [3.63, 3.8) is 0 Å². The third-order valence-electron chi connectivity index (χ3n) is 2.88. The van der Waals surface area contributed by atoms with E-state index in [-0.39, 0.29) is 0 Å². The molecule has 76 valence electrons. The van der Waals surface area contributed by atoms with E-state index in [9.17, 15) is 0 Å². The first kappa shape index (κ1) is 10.5. The van der Waals surface area contributed by atoms with E-state index in [0.717, 1.165) is 18.8 Å². The molecule has 3 nitrogen and oxygen atoms in total. The molecule has 1 aliphatic heterocycles. The second kappa shape index (κ2) is 5.22. The molecule has 13 heavy (non-hydrogen) atoms. The molecular formula is C10H19NO2. The first-order chi connectivity index (χ1) is 6.20. The Bertz CT molecular complexity index is 154. The van der Waals surface area contributed by atoms with Gasteiger partial charge in [-0.2, -0.15) is 0 Å². The molecule has 2 rings (SSSR count). The van der Waals surface area contributed by atoms with Crippen molar-refractivity contribution < 1.29 is 9.90 Å². The molecule has 2 atom stereocenters. The zero-order chi connectivity index (χ0) is 9.68. The molecule has 2 aliphatic rings. The predicted molar refractivity (Wildman–Crippen MR) is 51.6 cm³/mol. The number of carboxylic acid groups (broad SMARTS) is 1. The normalized spacial score (nSPS) is 31.5. The fourth-order valence-corrected chi connectivity index (χ4v) is 2.28. The number of aliphatic carboxylic acids is 1. The summed E-state index contributed by atoms with van der Waals surface area (Å²) in [6, 6.07) is 0. The highest BCUT2D eigenvalue weighted by Gasteiger charge is 2.28. The van der Waals surface area contributed by atoms with Crippen molar-refractivity contribution in [3.05, 3.63) is 0 Å². The van der Waals surface area contributed by atoms with Crippen LogP contribution in [0.5, 0.6) is 0 Å². The Hall–Kier alpha value is -0.570. The van der Waals surface area contributed by atoms with Crippen LogP contribution in [0.15, 0.2) is 0 Å². The first-order valence-corrected chi connectivity index (χ1v) is 5.10. The zero-order valence-electron chi connectivity index (χ0n) is 8.25. The van der Waals surface area contributed by atoms with Crippen LogP contribution in [0.1, 0.15) is 32.6 Å². The van der Waals surface area contributed by atoms with Crippen molar-refractivity contribution in [2.24, 2.45) is 11.8 Å². The molecular weight excluding hydrogens is 166 g/mol. The smallest absolute Gasteiger partial charge is 0.300 e. The van der Waals surface area contributed by atoms with E-state index in [1.165, 1.54) is 38.8 Å². The van der Waals surface area contributed by atoms with Gasteiger partial charge in [0.2, 0.25) is 0 Å². The number of hydrogen-bond acceptors (Lipinski definition) is 2. The maximum absolute atomic E-state index is 9.00. The minimum absolute atomic E-state index is 0.833. The lowest BCUT2D eigenvalue weighted by Gasteiger charge is -2.23. The minimum atomic E-state index is -0.833. The highest BCUT2D eigenvalue weighted by Crippen LogP contribution is 2.31. The fourth-order valence-electron chi connectivity index (χ4n) is 2.28. The predicted octanol–water partition coefficient (Wildman–Crippen LogP) is 1.49. The van der Waals surface area contributed by atoms with Crippen molar-refractivity contribution >= 4 is 5.97 Å². The third-order valence-corrected chi connectivity index (χ3v) is 2.88. The van der Waals surface area contributed by atoms with Crippen LogP contribution in [0.2, 0.25) is 0 Å². The standard InChI is InChI=1S/C8H15N.C2H4O2/c1-2-4-8-6-9-5-7(8)3-1;1-2(3)4/h7-9H,1-6H2;1H3,(H,3,4). The van der Waals surface area contributed by atoms with Gasteiger partial charge in [0.05, 0.1) is 0 Å². The van der Waals surface area contributed by atoms with E-state index >= 15 is 0 Å². The average Bonchev–Trinajstić information content (AvgIpc) is 2.49. The van der Waals surface area contributed by atoms with E-state index in [0.29, 0.717) is 0 Å². The second-order valence-electron chi connectivity index (χ2n) is 3.98. The van der Waals surface area contributed by atoms with Crippen LogP contribution in [0.4, 0.5) is 0 Å². The molecule has 0 radical (unpaired) electrons. The Balaban J connectivity index is 0.000000184. The second-order valence-corrected chi connectivity index (χ2v) is 3.98. The van der Waals surface area contributed by atoms with Crippen LogP contribution in [0.3, 0.4) is 0 Å². The van der Waals surface area contributed by atoms with Crippen LogP contribution in [0.25, 0.3) is 0 Å². The molecule has 1 heterocycles. The lowest BCUT2D eigenvalue weighted by Crippen LogP contribution is -2.16. The molecule has 1 aliphatic carbocycles. The summed E-state index contributed by atoms with van der Waals surface area (Å²) in [6.07, 6.45) is 5.97. The SMILES string of the molecule is C1CCC2CNCC2C1.CC(=O)O. The Kier molecular flexibility index (Phi) is 4.22. The summed E-state index contributed by atoms with van der Waals surface area (Å²) in [6.45, 7) is 3.70. The van der Waals surface area contributed by atoms with Gasteiger partial charge in [0.1, 0.15) is 0 Å². The van der Waals surface area contributed by atoms with Gasteiger partial charge in [0.15, 0.2) is 0 Å². The van der Waals surface area contributed by atoms with Crippen LogP contribution in [-0.2, 0) is 4.79 Å².